The lowest BCUT2D eigenvalue weighted by molar-refractivity contribution is 0.559. The fraction of sp³-hybridized carbons (Fsp3) is 0.600. The summed E-state index contributed by atoms with van der Waals surface area (Å²) >= 11 is 7.55. The Hall–Kier alpha value is -0.0500. The average molecular weight is 216 g/mol. The first-order valence-electron chi connectivity index (χ1n) is 4.68. The van der Waals surface area contributed by atoms with Crippen LogP contribution in [0.3, 0.4) is 0 Å². The summed E-state index contributed by atoms with van der Waals surface area (Å²) in [4.78, 5) is 1.34. The second kappa shape index (κ2) is 3.60. The molecule has 1 aromatic heterocycles. The zero-order chi connectivity index (χ0) is 9.42. The van der Waals surface area contributed by atoms with Crippen LogP contribution in [0.4, 0.5) is 0 Å². The third-order valence-electron chi connectivity index (χ3n) is 2.59. The Morgan fingerprint density at radius 1 is 1.62 bits per heavy atom. The third-order valence-corrected chi connectivity index (χ3v) is 4.01. The topological polar surface area (TPSA) is 12.0 Å². The minimum absolute atomic E-state index is 0.451. The fourth-order valence-corrected chi connectivity index (χ4v) is 2.59. The quantitative estimate of drug-likeness (QED) is 0.815. The van der Waals surface area contributed by atoms with E-state index in [0.717, 1.165) is 16.3 Å². The second-order valence-electron chi connectivity index (χ2n) is 3.85. The highest BCUT2D eigenvalue weighted by atomic mass is 35.5. The molecule has 3 atom stereocenters. The fourth-order valence-electron chi connectivity index (χ4n) is 1.52. The predicted octanol–water partition coefficient (Wildman–Crippen LogP) is 3.46. The molecule has 1 fully saturated rings. The minimum Gasteiger partial charge on any atom is -0.306 e. The molecule has 0 radical (unpaired) electrons. The Bertz CT molecular complexity index is 297. The maximum absolute atomic E-state index is 5.88. The number of nitrogens with one attached hydrogen (secondary N) is 1. The van der Waals surface area contributed by atoms with E-state index >= 15 is 0 Å². The van der Waals surface area contributed by atoms with Gasteiger partial charge in [0.25, 0.3) is 0 Å². The summed E-state index contributed by atoms with van der Waals surface area (Å²) < 4.78 is 0.882. The van der Waals surface area contributed by atoms with Crippen LogP contribution < -0.4 is 5.32 Å². The van der Waals surface area contributed by atoms with Crippen LogP contribution in [0.25, 0.3) is 0 Å². The van der Waals surface area contributed by atoms with Crippen molar-refractivity contribution in [1.82, 2.24) is 5.32 Å². The van der Waals surface area contributed by atoms with Crippen molar-refractivity contribution in [1.29, 1.82) is 0 Å². The smallest absolute Gasteiger partial charge is 0.0931 e. The molecule has 0 aromatic carbocycles. The van der Waals surface area contributed by atoms with E-state index in [-0.39, 0.29) is 0 Å². The van der Waals surface area contributed by atoms with Gasteiger partial charge in [0.2, 0.25) is 0 Å². The van der Waals surface area contributed by atoms with Gasteiger partial charge in [-0.25, -0.2) is 0 Å². The molecule has 0 aliphatic heterocycles. The van der Waals surface area contributed by atoms with Gasteiger partial charge in [-0.1, -0.05) is 18.5 Å². The highest BCUT2D eigenvalue weighted by Crippen LogP contribution is 2.33. The summed E-state index contributed by atoms with van der Waals surface area (Å²) in [5.41, 5.74) is 0. The number of halogens is 1. The molecule has 3 unspecified atom stereocenters. The molecule has 1 heterocycles. The summed E-state index contributed by atoms with van der Waals surface area (Å²) in [6.07, 6.45) is 1.32. The Morgan fingerprint density at radius 2 is 2.31 bits per heavy atom. The van der Waals surface area contributed by atoms with Crippen LogP contribution in [0.15, 0.2) is 12.1 Å². The van der Waals surface area contributed by atoms with Crippen LogP contribution in [0.5, 0.6) is 0 Å². The van der Waals surface area contributed by atoms with Gasteiger partial charge >= 0.3 is 0 Å². The maximum Gasteiger partial charge on any atom is 0.0931 e. The number of rotatable bonds is 3. The molecule has 0 spiro atoms. The van der Waals surface area contributed by atoms with E-state index in [9.17, 15) is 0 Å². The van der Waals surface area contributed by atoms with Crippen molar-refractivity contribution in [3.63, 3.8) is 0 Å². The first-order chi connectivity index (χ1) is 6.16. The van der Waals surface area contributed by atoms with Crippen molar-refractivity contribution in [3.05, 3.63) is 21.3 Å². The number of hydrogen-bond acceptors (Lipinski definition) is 2. The lowest BCUT2D eigenvalue weighted by Crippen LogP contribution is -2.21. The second-order valence-corrected chi connectivity index (χ2v) is 5.60. The lowest BCUT2D eigenvalue weighted by Gasteiger charge is -2.10. The van der Waals surface area contributed by atoms with Gasteiger partial charge in [0, 0.05) is 17.0 Å². The first kappa shape index (κ1) is 9.50. The highest BCUT2D eigenvalue weighted by Gasteiger charge is 2.33. The zero-order valence-electron chi connectivity index (χ0n) is 7.88. The average Bonchev–Trinajstić information content (AvgIpc) is 2.62. The minimum atomic E-state index is 0.451. The molecule has 1 aromatic rings. The Morgan fingerprint density at radius 3 is 2.77 bits per heavy atom. The predicted molar refractivity (Wildman–Crippen MR) is 58.4 cm³/mol. The molecule has 1 saturated carbocycles. The standard InChI is InChI=1S/C10H14ClNS/c1-6-5-8(6)12-7(2)9-3-4-10(11)13-9/h3-4,6-8,12H,5H2,1-2H3. The van der Waals surface area contributed by atoms with Crippen LogP contribution in [0.2, 0.25) is 4.34 Å². The van der Waals surface area contributed by atoms with Crippen LogP contribution in [-0.2, 0) is 0 Å². The molecule has 13 heavy (non-hydrogen) atoms. The maximum atomic E-state index is 5.88. The van der Waals surface area contributed by atoms with Crippen molar-refractivity contribution in [3.8, 4) is 0 Å². The van der Waals surface area contributed by atoms with Crippen molar-refractivity contribution in [2.75, 3.05) is 0 Å². The first-order valence-corrected chi connectivity index (χ1v) is 5.87. The lowest BCUT2D eigenvalue weighted by atomic mass is 10.2. The molecule has 0 amide bonds. The van der Waals surface area contributed by atoms with Gasteiger partial charge in [-0.2, -0.15) is 0 Å². The Kier molecular flexibility index (Phi) is 2.63. The van der Waals surface area contributed by atoms with Gasteiger partial charge in [-0.05, 0) is 31.4 Å². The monoisotopic (exact) mass is 215 g/mol. The van der Waals surface area contributed by atoms with Crippen LogP contribution in [-0.4, -0.2) is 6.04 Å². The van der Waals surface area contributed by atoms with E-state index in [1.54, 1.807) is 11.3 Å². The van der Waals surface area contributed by atoms with E-state index in [0.29, 0.717) is 6.04 Å². The number of hydrogen-bond donors (Lipinski definition) is 1. The number of thiophene rings is 1. The van der Waals surface area contributed by atoms with E-state index in [1.807, 2.05) is 6.07 Å². The Balaban J connectivity index is 1.93. The normalized spacial score (nSPS) is 28.8. The van der Waals surface area contributed by atoms with Gasteiger partial charge < -0.3 is 5.32 Å². The van der Waals surface area contributed by atoms with Crippen LogP contribution in [0.1, 0.15) is 31.2 Å². The molecular formula is C10H14ClNS. The summed E-state index contributed by atoms with van der Waals surface area (Å²) in [5.74, 6) is 0.859. The molecule has 0 bridgehead atoms. The summed E-state index contributed by atoms with van der Waals surface area (Å²) in [6.45, 7) is 4.49. The SMILES string of the molecule is CC(NC1CC1C)c1ccc(Cl)s1. The van der Waals surface area contributed by atoms with E-state index in [2.05, 4.69) is 25.2 Å². The molecule has 0 saturated heterocycles. The molecule has 1 N–H and O–H groups in total. The molecule has 72 valence electrons. The molecule has 1 nitrogen and oxygen atoms in total. The van der Waals surface area contributed by atoms with Crippen molar-refractivity contribution in [2.24, 2.45) is 5.92 Å². The molecule has 3 heteroatoms. The van der Waals surface area contributed by atoms with Crippen molar-refractivity contribution in [2.45, 2.75) is 32.4 Å². The van der Waals surface area contributed by atoms with Crippen LogP contribution >= 0.6 is 22.9 Å². The van der Waals surface area contributed by atoms with Gasteiger partial charge in [0.05, 0.1) is 4.34 Å². The zero-order valence-corrected chi connectivity index (χ0v) is 9.45. The largest absolute Gasteiger partial charge is 0.306 e. The van der Waals surface area contributed by atoms with Gasteiger partial charge in [-0.3, -0.25) is 0 Å². The third kappa shape index (κ3) is 2.25. The Labute approximate surface area is 88.1 Å². The van der Waals surface area contributed by atoms with Crippen molar-refractivity contribution < 1.29 is 0 Å². The van der Waals surface area contributed by atoms with Gasteiger partial charge in [-0.15, -0.1) is 11.3 Å². The van der Waals surface area contributed by atoms with Gasteiger partial charge in [0.1, 0.15) is 0 Å². The van der Waals surface area contributed by atoms with Crippen LogP contribution in [0, 0.1) is 5.92 Å². The van der Waals surface area contributed by atoms with Gasteiger partial charge in [0.15, 0.2) is 0 Å². The molecule has 1 aliphatic carbocycles. The summed E-state index contributed by atoms with van der Waals surface area (Å²) in [7, 11) is 0. The molecular weight excluding hydrogens is 202 g/mol. The summed E-state index contributed by atoms with van der Waals surface area (Å²) in [6, 6.07) is 5.26. The molecule has 2 rings (SSSR count). The summed E-state index contributed by atoms with van der Waals surface area (Å²) in [5, 5.41) is 3.58. The van der Waals surface area contributed by atoms with E-state index in [1.165, 1.54) is 11.3 Å². The van der Waals surface area contributed by atoms with E-state index < -0.39 is 0 Å². The van der Waals surface area contributed by atoms with Crippen molar-refractivity contribution >= 4 is 22.9 Å². The van der Waals surface area contributed by atoms with E-state index in [4.69, 9.17) is 11.6 Å². The highest BCUT2D eigenvalue weighted by molar-refractivity contribution is 7.16. The molecule has 1 aliphatic rings.